The molecule has 3 rings (SSSR count). The van der Waals surface area contributed by atoms with E-state index >= 15 is 0 Å². The van der Waals surface area contributed by atoms with Crippen molar-refractivity contribution in [1.82, 2.24) is 9.97 Å². The van der Waals surface area contributed by atoms with Crippen LogP contribution in [0.15, 0.2) is 12.3 Å². The first-order chi connectivity index (χ1) is 10.8. The maximum absolute atomic E-state index is 14.2. The van der Waals surface area contributed by atoms with Crippen LogP contribution in [-0.2, 0) is 4.79 Å². The molecule has 0 N–H and O–H groups in total. The number of hydrogen-bond acceptors (Lipinski definition) is 4. The van der Waals surface area contributed by atoms with Crippen molar-refractivity contribution in [3.8, 4) is 0 Å². The van der Waals surface area contributed by atoms with Crippen LogP contribution >= 0.6 is 0 Å². The number of Topliss-reactive ketones (excluding diaryl/α,β-unsaturated/α-hetero) is 2. The summed E-state index contributed by atoms with van der Waals surface area (Å²) in [6, 6.07) is 1.51. The Morgan fingerprint density at radius 3 is 2.83 bits per heavy atom. The molecule has 2 aliphatic carbocycles. The Morgan fingerprint density at radius 2 is 2.17 bits per heavy atom. The molecule has 23 heavy (non-hydrogen) atoms. The highest BCUT2D eigenvalue weighted by molar-refractivity contribution is 5.94. The van der Waals surface area contributed by atoms with Gasteiger partial charge in [0.05, 0.1) is 0 Å². The van der Waals surface area contributed by atoms with Gasteiger partial charge in [0.25, 0.3) is 0 Å². The topological polar surface area (TPSA) is 59.9 Å². The number of carbonyl (C=O) groups excluding carboxylic acids is 2. The molecule has 1 aromatic rings. The van der Waals surface area contributed by atoms with Gasteiger partial charge in [-0.1, -0.05) is 0 Å². The second-order valence-electron chi connectivity index (χ2n) is 6.98. The molecule has 0 radical (unpaired) electrons. The molecule has 2 saturated carbocycles. The van der Waals surface area contributed by atoms with E-state index < -0.39 is 17.3 Å². The smallest absolute Gasteiger partial charge is 0.249 e. The van der Waals surface area contributed by atoms with Crippen molar-refractivity contribution in [2.75, 3.05) is 0 Å². The lowest BCUT2D eigenvalue weighted by molar-refractivity contribution is -0.143. The van der Waals surface area contributed by atoms with Gasteiger partial charge >= 0.3 is 0 Å². The van der Waals surface area contributed by atoms with E-state index in [0.29, 0.717) is 31.5 Å². The van der Waals surface area contributed by atoms with Crippen LogP contribution in [0.3, 0.4) is 0 Å². The average Bonchev–Trinajstić information content (AvgIpc) is 2.77. The summed E-state index contributed by atoms with van der Waals surface area (Å²) in [6.45, 7) is 1.68. The third-order valence-electron chi connectivity index (χ3n) is 5.05. The van der Waals surface area contributed by atoms with Gasteiger partial charge in [-0.25, -0.2) is 18.7 Å². The number of carbonyl (C=O) groups is 2. The summed E-state index contributed by atoms with van der Waals surface area (Å²) in [6.07, 6.45) is 2.83. The van der Waals surface area contributed by atoms with Gasteiger partial charge in [-0.2, -0.15) is 0 Å². The Bertz CT molecular complexity index is 647. The number of nitrogens with zero attached hydrogens (tertiary/aromatic N) is 2. The van der Waals surface area contributed by atoms with E-state index in [9.17, 15) is 18.4 Å². The fourth-order valence-electron chi connectivity index (χ4n) is 4.20. The summed E-state index contributed by atoms with van der Waals surface area (Å²) in [5.41, 5.74) is -0.646. The lowest BCUT2D eigenvalue weighted by atomic mass is 9.65. The Labute approximate surface area is 133 Å². The van der Waals surface area contributed by atoms with Crippen LogP contribution in [-0.4, -0.2) is 27.5 Å². The van der Waals surface area contributed by atoms with Gasteiger partial charge in [0.15, 0.2) is 5.78 Å². The second-order valence-corrected chi connectivity index (χ2v) is 6.98. The molecule has 0 saturated heterocycles. The zero-order chi connectivity index (χ0) is 16.7. The summed E-state index contributed by atoms with van der Waals surface area (Å²) in [5.74, 6) is -3.16. The zero-order valence-corrected chi connectivity index (χ0v) is 13.1. The van der Waals surface area contributed by atoms with Gasteiger partial charge in [-0.05, 0) is 38.2 Å². The second kappa shape index (κ2) is 5.73. The summed E-state index contributed by atoms with van der Waals surface area (Å²) in [5, 5.41) is 0. The molecule has 0 bridgehead atoms. The SMILES string of the molecule is Cc1nccc(C(=O)C[C@@H]2CC(F)(F)C[C@@]3(CCCC3=O)C2)n1. The maximum Gasteiger partial charge on any atom is 0.249 e. The summed E-state index contributed by atoms with van der Waals surface area (Å²) in [7, 11) is 0. The van der Waals surface area contributed by atoms with Gasteiger partial charge < -0.3 is 0 Å². The number of rotatable bonds is 3. The highest BCUT2D eigenvalue weighted by Gasteiger charge is 2.54. The molecule has 1 spiro atoms. The first-order valence-corrected chi connectivity index (χ1v) is 8.04. The molecular weight excluding hydrogens is 302 g/mol. The number of hydrogen-bond donors (Lipinski definition) is 0. The van der Waals surface area contributed by atoms with Crippen LogP contribution in [0.2, 0.25) is 0 Å². The first-order valence-electron chi connectivity index (χ1n) is 8.04. The van der Waals surface area contributed by atoms with Crippen LogP contribution in [0, 0.1) is 18.3 Å². The van der Waals surface area contributed by atoms with E-state index in [4.69, 9.17) is 0 Å². The first kappa shape index (κ1) is 16.1. The van der Waals surface area contributed by atoms with Crippen molar-refractivity contribution in [2.45, 2.75) is 57.8 Å². The van der Waals surface area contributed by atoms with Gasteiger partial charge in [-0.15, -0.1) is 0 Å². The van der Waals surface area contributed by atoms with Crippen LogP contribution in [0.1, 0.15) is 61.3 Å². The molecule has 124 valence electrons. The Balaban J connectivity index is 1.77. The van der Waals surface area contributed by atoms with Crippen molar-refractivity contribution in [1.29, 1.82) is 0 Å². The minimum absolute atomic E-state index is 0.0150. The standard InChI is InChI=1S/C17H20F2N2O2/c1-11-20-6-4-13(21-11)14(22)7-12-8-16(5-2-3-15(16)23)10-17(18,19)9-12/h4,6,12H,2-3,5,7-10H2,1H3/t12-,16+/m0/s1. The molecule has 2 atom stereocenters. The van der Waals surface area contributed by atoms with E-state index in [1.165, 1.54) is 12.3 Å². The normalized spacial score (nSPS) is 29.9. The van der Waals surface area contributed by atoms with E-state index in [2.05, 4.69) is 9.97 Å². The monoisotopic (exact) mass is 322 g/mol. The average molecular weight is 322 g/mol. The van der Waals surface area contributed by atoms with E-state index in [1.54, 1.807) is 6.92 Å². The fourth-order valence-corrected chi connectivity index (χ4v) is 4.20. The van der Waals surface area contributed by atoms with Crippen molar-refractivity contribution < 1.29 is 18.4 Å². The molecule has 4 nitrogen and oxygen atoms in total. The minimum atomic E-state index is -2.87. The van der Waals surface area contributed by atoms with Crippen molar-refractivity contribution in [2.24, 2.45) is 11.3 Å². The van der Waals surface area contributed by atoms with Gasteiger partial charge in [-0.3, -0.25) is 9.59 Å². The molecular formula is C17H20F2N2O2. The molecule has 6 heteroatoms. The lowest BCUT2D eigenvalue weighted by Crippen LogP contribution is -2.42. The molecule has 2 aliphatic rings. The number of halogens is 2. The number of alkyl halides is 2. The lowest BCUT2D eigenvalue weighted by Gasteiger charge is -2.41. The zero-order valence-electron chi connectivity index (χ0n) is 13.1. The Kier molecular flexibility index (Phi) is 4.02. The Hall–Kier alpha value is -1.72. The quantitative estimate of drug-likeness (QED) is 0.799. The van der Waals surface area contributed by atoms with Crippen LogP contribution in [0.25, 0.3) is 0 Å². The number of ketones is 2. The summed E-state index contributed by atoms with van der Waals surface area (Å²) in [4.78, 5) is 32.5. The number of aromatic nitrogens is 2. The number of aryl methyl sites for hydroxylation is 1. The molecule has 0 amide bonds. The van der Waals surface area contributed by atoms with Crippen molar-refractivity contribution in [3.63, 3.8) is 0 Å². The molecule has 1 heterocycles. The highest BCUT2D eigenvalue weighted by atomic mass is 19.3. The van der Waals surface area contributed by atoms with Crippen molar-refractivity contribution in [3.05, 3.63) is 23.8 Å². The van der Waals surface area contributed by atoms with Crippen molar-refractivity contribution >= 4 is 11.6 Å². The van der Waals surface area contributed by atoms with Crippen LogP contribution in [0.5, 0.6) is 0 Å². The fraction of sp³-hybridized carbons (Fsp3) is 0.647. The maximum atomic E-state index is 14.2. The molecule has 0 aromatic carbocycles. The van der Waals surface area contributed by atoms with E-state index in [-0.39, 0.29) is 36.5 Å². The largest absolute Gasteiger partial charge is 0.299 e. The van der Waals surface area contributed by atoms with E-state index in [0.717, 1.165) is 0 Å². The predicted octanol–water partition coefficient (Wildman–Crippen LogP) is 3.53. The Morgan fingerprint density at radius 1 is 1.39 bits per heavy atom. The molecule has 2 fully saturated rings. The third kappa shape index (κ3) is 3.31. The molecule has 1 aromatic heterocycles. The third-order valence-corrected chi connectivity index (χ3v) is 5.05. The van der Waals surface area contributed by atoms with Gasteiger partial charge in [0, 0.05) is 37.3 Å². The predicted molar refractivity (Wildman–Crippen MR) is 79.3 cm³/mol. The highest BCUT2D eigenvalue weighted by Crippen LogP contribution is 2.54. The molecule has 0 unspecified atom stereocenters. The van der Waals surface area contributed by atoms with Gasteiger partial charge in [0.2, 0.25) is 5.92 Å². The summed E-state index contributed by atoms with van der Waals surface area (Å²) >= 11 is 0. The van der Waals surface area contributed by atoms with Crippen LogP contribution < -0.4 is 0 Å². The molecule has 0 aliphatic heterocycles. The van der Waals surface area contributed by atoms with E-state index in [1.807, 2.05) is 0 Å². The summed E-state index contributed by atoms with van der Waals surface area (Å²) < 4.78 is 28.3. The minimum Gasteiger partial charge on any atom is -0.299 e. The van der Waals surface area contributed by atoms with Gasteiger partial charge in [0.1, 0.15) is 17.3 Å². The van der Waals surface area contributed by atoms with Crippen LogP contribution in [0.4, 0.5) is 8.78 Å².